The molecular weight excluding hydrogens is 248 g/mol. The second kappa shape index (κ2) is 7.55. The van der Waals surface area contributed by atoms with Crippen LogP contribution in [0.3, 0.4) is 0 Å². The van der Waals surface area contributed by atoms with Gasteiger partial charge in [-0.15, -0.1) is 0 Å². The van der Waals surface area contributed by atoms with Gasteiger partial charge in [-0.25, -0.2) is 0 Å². The van der Waals surface area contributed by atoms with E-state index in [1.807, 2.05) is 0 Å². The van der Waals surface area contributed by atoms with Gasteiger partial charge in [0.05, 0.1) is 0 Å². The van der Waals surface area contributed by atoms with Crippen molar-refractivity contribution in [1.29, 1.82) is 0 Å². The molecule has 13 heavy (non-hydrogen) atoms. The number of hydrogen-bond acceptors (Lipinski definition) is 1. The Morgan fingerprint density at radius 3 is 2.08 bits per heavy atom. The molecule has 0 saturated carbocycles. The molecule has 0 amide bonds. The molecule has 0 fully saturated rings. The van der Waals surface area contributed by atoms with Crippen molar-refractivity contribution in [2.75, 3.05) is 0 Å². The van der Waals surface area contributed by atoms with E-state index in [-0.39, 0.29) is 21.1 Å². The second-order valence-electron chi connectivity index (χ2n) is 4.52. The summed E-state index contributed by atoms with van der Waals surface area (Å²) in [6.07, 6.45) is 4.53. The molecular formula is C10H20MoO2. The molecule has 0 aliphatic carbocycles. The van der Waals surface area contributed by atoms with Crippen LogP contribution in [0.25, 0.3) is 0 Å². The van der Waals surface area contributed by atoms with Gasteiger partial charge in [0.15, 0.2) is 0 Å². The number of hydrogen-bond donors (Lipinski definition) is 1. The predicted octanol–water partition coefficient (Wildman–Crippen LogP) is 3.07. The zero-order chi connectivity index (χ0) is 9.61. The van der Waals surface area contributed by atoms with E-state index < -0.39 is 5.97 Å². The summed E-state index contributed by atoms with van der Waals surface area (Å²) in [5.41, 5.74) is 0.392. The Hall–Kier alpha value is 0.158. The molecule has 0 rings (SSSR count). The van der Waals surface area contributed by atoms with E-state index in [0.717, 1.165) is 19.3 Å². The minimum absolute atomic E-state index is 0. The van der Waals surface area contributed by atoms with Crippen molar-refractivity contribution in [2.45, 2.75) is 52.9 Å². The Morgan fingerprint density at radius 2 is 1.69 bits per heavy atom. The first-order valence-electron chi connectivity index (χ1n) is 4.63. The fraction of sp³-hybridized carbons (Fsp3) is 0.900. The SMILES string of the molecule is CC(C)(C)CCCCCC(=O)O.[Mo]. The molecule has 3 heteroatoms. The van der Waals surface area contributed by atoms with Crippen LogP contribution in [0.1, 0.15) is 52.9 Å². The number of carboxylic acid groups (broad SMARTS) is 1. The van der Waals surface area contributed by atoms with Gasteiger partial charge in [-0.3, -0.25) is 4.79 Å². The number of carboxylic acids is 1. The Kier molecular flexibility index (Phi) is 9.08. The van der Waals surface area contributed by atoms with E-state index in [1.54, 1.807) is 0 Å². The van der Waals surface area contributed by atoms with Crippen LogP contribution in [0.2, 0.25) is 0 Å². The predicted molar refractivity (Wildman–Crippen MR) is 50.2 cm³/mol. The Balaban J connectivity index is 0. The van der Waals surface area contributed by atoms with Gasteiger partial charge >= 0.3 is 5.97 Å². The molecule has 0 aromatic rings. The average molecular weight is 268 g/mol. The number of carbonyl (C=O) groups is 1. The van der Waals surface area contributed by atoms with Crippen LogP contribution in [0, 0.1) is 5.41 Å². The first kappa shape index (κ1) is 15.6. The van der Waals surface area contributed by atoms with E-state index in [2.05, 4.69) is 20.8 Å². The molecule has 0 aromatic carbocycles. The van der Waals surface area contributed by atoms with Gasteiger partial charge in [0, 0.05) is 27.5 Å². The van der Waals surface area contributed by atoms with Gasteiger partial charge in [0.1, 0.15) is 0 Å². The van der Waals surface area contributed by atoms with Crippen molar-refractivity contribution in [1.82, 2.24) is 0 Å². The number of unbranched alkanes of at least 4 members (excludes halogenated alkanes) is 2. The van der Waals surface area contributed by atoms with Crippen LogP contribution in [0.4, 0.5) is 0 Å². The molecule has 0 heterocycles. The van der Waals surface area contributed by atoms with E-state index in [0.29, 0.717) is 11.8 Å². The standard InChI is InChI=1S/C10H20O2.Mo/c1-10(2,3)8-6-4-5-7-9(11)12;/h4-8H2,1-3H3,(H,11,12);. The van der Waals surface area contributed by atoms with Crippen LogP contribution >= 0.6 is 0 Å². The third-order valence-corrected chi connectivity index (χ3v) is 1.82. The summed E-state index contributed by atoms with van der Waals surface area (Å²) < 4.78 is 0. The molecule has 0 atom stereocenters. The maximum atomic E-state index is 10.2. The third kappa shape index (κ3) is 15.0. The zero-order valence-electron chi connectivity index (χ0n) is 8.80. The van der Waals surface area contributed by atoms with Crippen molar-refractivity contribution in [3.63, 3.8) is 0 Å². The third-order valence-electron chi connectivity index (χ3n) is 1.82. The average Bonchev–Trinajstić information content (AvgIpc) is 1.83. The maximum Gasteiger partial charge on any atom is 0.303 e. The van der Waals surface area contributed by atoms with Crippen LogP contribution in [-0.2, 0) is 25.9 Å². The molecule has 0 bridgehead atoms. The normalized spacial score (nSPS) is 10.7. The summed E-state index contributed by atoms with van der Waals surface area (Å²) in [6.45, 7) is 6.64. The van der Waals surface area contributed by atoms with E-state index in [1.165, 1.54) is 6.42 Å². The van der Waals surface area contributed by atoms with Crippen molar-refractivity contribution >= 4 is 5.97 Å². The number of rotatable bonds is 5. The first-order valence-corrected chi connectivity index (χ1v) is 4.63. The Bertz CT molecular complexity index is 138. The van der Waals surface area contributed by atoms with Crippen LogP contribution < -0.4 is 0 Å². The quantitative estimate of drug-likeness (QED) is 0.614. The summed E-state index contributed by atoms with van der Waals surface area (Å²) in [6, 6.07) is 0. The summed E-state index contributed by atoms with van der Waals surface area (Å²) in [5.74, 6) is -0.675. The minimum atomic E-state index is -0.675. The molecule has 0 aliphatic rings. The van der Waals surface area contributed by atoms with Gasteiger partial charge in [0.2, 0.25) is 0 Å². The van der Waals surface area contributed by atoms with Gasteiger partial charge in [-0.05, 0) is 18.3 Å². The fourth-order valence-corrected chi connectivity index (χ4v) is 1.11. The molecule has 78 valence electrons. The van der Waals surface area contributed by atoms with Crippen LogP contribution in [0.15, 0.2) is 0 Å². The molecule has 0 unspecified atom stereocenters. The molecule has 0 saturated heterocycles. The first-order chi connectivity index (χ1) is 5.42. The zero-order valence-corrected chi connectivity index (χ0v) is 10.8. The fourth-order valence-electron chi connectivity index (χ4n) is 1.11. The van der Waals surface area contributed by atoms with Gasteiger partial charge in [-0.1, -0.05) is 33.6 Å². The second-order valence-corrected chi connectivity index (χ2v) is 4.52. The van der Waals surface area contributed by atoms with Crippen molar-refractivity contribution in [3.05, 3.63) is 0 Å². The number of aliphatic carboxylic acids is 1. The summed E-state index contributed by atoms with van der Waals surface area (Å²) in [4.78, 5) is 10.2. The van der Waals surface area contributed by atoms with E-state index in [9.17, 15) is 4.79 Å². The molecule has 1 N–H and O–H groups in total. The smallest absolute Gasteiger partial charge is 0.303 e. The van der Waals surface area contributed by atoms with E-state index in [4.69, 9.17) is 5.11 Å². The summed E-state index contributed by atoms with van der Waals surface area (Å²) in [5, 5.41) is 8.37. The summed E-state index contributed by atoms with van der Waals surface area (Å²) >= 11 is 0. The van der Waals surface area contributed by atoms with Crippen molar-refractivity contribution in [3.8, 4) is 0 Å². The van der Waals surface area contributed by atoms with Crippen LogP contribution in [0.5, 0.6) is 0 Å². The molecule has 0 aliphatic heterocycles. The minimum Gasteiger partial charge on any atom is -0.481 e. The van der Waals surface area contributed by atoms with Crippen LogP contribution in [-0.4, -0.2) is 11.1 Å². The maximum absolute atomic E-state index is 10.2. The molecule has 0 radical (unpaired) electrons. The van der Waals surface area contributed by atoms with E-state index >= 15 is 0 Å². The molecule has 0 spiro atoms. The van der Waals surface area contributed by atoms with Gasteiger partial charge in [-0.2, -0.15) is 0 Å². The Morgan fingerprint density at radius 1 is 1.15 bits per heavy atom. The largest absolute Gasteiger partial charge is 0.481 e. The monoisotopic (exact) mass is 270 g/mol. The topological polar surface area (TPSA) is 37.3 Å². The molecule has 0 aromatic heterocycles. The Labute approximate surface area is 95.4 Å². The van der Waals surface area contributed by atoms with Gasteiger partial charge < -0.3 is 5.11 Å². The van der Waals surface area contributed by atoms with Gasteiger partial charge in [0.25, 0.3) is 0 Å². The van der Waals surface area contributed by atoms with Crippen molar-refractivity contribution < 1.29 is 31.0 Å². The summed E-state index contributed by atoms with van der Waals surface area (Å²) in [7, 11) is 0. The molecule has 2 nitrogen and oxygen atoms in total. The van der Waals surface area contributed by atoms with Crippen molar-refractivity contribution in [2.24, 2.45) is 5.41 Å².